The van der Waals surface area contributed by atoms with Crippen LogP contribution >= 0.6 is 11.6 Å². The Morgan fingerprint density at radius 3 is 2.43 bits per heavy atom. The van der Waals surface area contributed by atoms with Crippen molar-refractivity contribution < 1.29 is 19.4 Å². The van der Waals surface area contributed by atoms with E-state index in [9.17, 15) is 9.59 Å². The van der Waals surface area contributed by atoms with Crippen LogP contribution in [0.4, 0.5) is 0 Å². The number of nitrogens with one attached hydrogen (secondary N) is 1. The maximum Gasteiger partial charge on any atom is 0.326 e. The van der Waals surface area contributed by atoms with Gasteiger partial charge in [0.2, 0.25) is 0 Å². The lowest BCUT2D eigenvalue weighted by atomic mass is 10.0. The fourth-order valence-corrected chi connectivity index (χ4v) is 1.96. The number of carboxylic acid groups (broad SMARTS) is 1. The Morgan fingerprint density at radius 2 is 1.95 bits per heavy atom. The van der Waals surface area contributed by atoms with Crippen molar-refractivity contribution in [1.29, 1.82) is 0 Å². The second-order valence-corrected chi connectivity index (χ2v) is 5.42. The summed E-state index contributed by atoms with van der Waals surface area (Å²) in [5.41, 5.74) is 0. The average molecular weight is 314 g/mol. The highest BCUT2D eigenvalue weighted by molar-refractivity contribution is 6.32. The largest absolute Gasteiger partial charge is 0.480 e. The predicted molar refractivity (Wildman–Crippen MR) is 80.6 cm³/mol. The van der Waals surface area contributed by atoms with Gasteiger partial charge in [-0.3, -0.25) is 4.79 Å². The van der Waals surface area contributed by atoms with Crippen LogP contribution in [0.2, 0.25) is 5.02 Å². The van der Waals surface area contributed by atoms with Crippen LogP contribution < -0.4 is 10.1 Å². The van der Waals surface area contributed by atoms with Gasteiger partial charge in [-0.25, -0.2) is 4.79 Å². The van der Waals surface area contributed by atoms with E-state index in [2.05, 4.69) is 5.32 Å². The van der Waals surface area contributed by atoms with Crippen LogP contribution in [0.25, 0.3) is 0 Å². The van der Waals surface area contributed by atoms with Gasteiger partial charge in [-0.05, 0) is 24.5 Å². The lowest BCUT2D eigenvalue weighted by Gasteiger charge is -2.22. The summed E-state index contributed by atoms with van der Waals surface area (Å²) in [6.07, 6.45) is -0.382. The highest BCUT2D eigenvalue weighted by Gasteiger charge is 2.28. The molecule has 116 valence electrons. The molecule has 0 aromatic heterocycles. The maximum absolute atomic E-state index is 12.2. The summed E-state index contributed by atoms with van der Waals surface area (Å²) in [7, 11) is 0. The van der Waals surface area contributed by atoms with Gasteiger partial charge in [-0.1, -0.05) is 44.5 Å². The molecule has 0 aliphatic rings. The SMILES string of the molecule is CCC(Oc1ccccc1Cl)C(=O)N[C@H](C(=O)O)C(C)C. The lowest BCUT2D eigenvalue weighted by Crippen LogP contribution is -2.49. The summed E-state index contributed by atoms with van der Waals surface area (Å²) in [6, 6.07) is 5.89. The monoisotopic (exact) mass is 313 g/mol. The topological polar surface area (TPSA) is 75.6 Å². The summed E-state index contributed by atoms with van der Waals surface area (Å²) in [5.74, 6) is -1.34. The van der Waals surface area contributed by atoms with Crippen molar-refractivity contribution in [3.63, 3.8) is 0 Å². The molecular formula is C15H20ClNO4. The first-order chi connectivity index (χ1) is 9.86. The van der Waals surface area contributed by atoms with Gasteiger partial charge in [0, 0.05) is 0 Å². The van der Waals surface area contributed by atoms with E-state index in [0.29, 0.717) is 17.2 Å². The number of carbonyl (C=O) groups is 2. The average Bonchev–Trinajstić information content (AvgIpc) is 2.42. The number of benzene rings is 1. The Labute approximate surface area is 129 Å². The van der Waals surface area contributed by atoms with Gasteiger partial charge in [0.25, 0.3) is 5.91 Å². The van der Waals surface area contributed by atoms with Crippen molar-refractivity contribution in [3.05, 3.63) is 29.3 Å². The number of para-hydroxylation sites is 1. The van der Waals surface area contributed by atoms with E-state index >= 15 is 0 Å². The molecule has 0 spiro atoms. The molecule has 2 atom stereocenters. The standard InChI is InChI=1S/C15H20ClNO4/c1-4-11(21-12-8-6-5-7-10(12)16)14(18)17-13(9(2)3)15(19)20/h5-9,11,13H,4H2,1-3H3,(H,17,18)(H,19,20)/t11?,13-/m0/s1. The summed E-state index contributed by atoms with van der Waals surface area (Å²) in [5, 5.41) is 12.0. The summed E-state index contributed by atoms with van der Waals surface area (Å²) in [6.45, 7) is 5.25. The van der Waals surface area contributed by atoms with Crippen LogP contribution in [-0.4, -0.2) is 29.1 Å². The van der Waals surface area contributed by atoms with Crippen molar-refractivity contribution in [3.8, 4) is 5.75 Å². The van der Waals surface area contributed by atoms with Gasteiger partial charge in [0.05, 0.1) is 5.02 Å². The fourth-order valence-electron chi connectivity index (χ4n) is 1.78. The van der Waals surface area contributed by atoms with Crippen molar-refractivity contribution in [2.45, 2.75) is 39.3 Å². The molecule has 0 bridgehead atoms. The molecule has 0 aliphatic heterocycles. The number of amides is 1. The zero-order valence-corrected chi connectivity index (χ0v) is 13.1. The van der Waals surface area contributed by atoms with Gasteiger partial charge in [0.1, 0.15) is 11.8 Å². The fraction of sp³-hybridized carbons (Fsp3) is 0.467. The Kier molecular flexibility index (Phi) is 6.49. The van der Waals surface area contributed by atoms with Gasteiger partial charge >= 0.3 is 5.97 Å². The lowest BCUT2D eigenvalue weighted by molar-refractivity contribution is -0.144. The zero-order valence-electron chi connectivity index (χ0n) is 12.3. The van der Waals surface area contributed by atoms with Crippen LogP contribution in [0.5, 0.6) is 5.75 Å². The number of ether oxygens (including phenoxy) is 1. The quantitative estimate of drug-likeness (QED) is 0.811. The molecule has 21 heavy (non-hydrogen) atoms. The molecule has 1 unspecified atom stereocenters. The third-order valence-electron chi connectivity index (χ3n) is 3.00. The van der Waals surface area contributed by atoms with Crippen LogP contribution in [0, 0.1) is 5.92 Å². The predicted octanol–water partition coefficient (Wildman–Crippen LogP) is 2.72. The molecule has 2 N–H and O–H groups in total. The normalized spacial score (nSPS) is 13.6. The molecule has 0 aliphatic carbocycles. The van der Waals surface area contributed by atoms with E-state index in [1.165, 1.54) is 0 Å². The zero-order chi connectivity index (χ0) is 16.0. The van der Waals surface area contributed by atoms with Crippen molar-refractivity contribution >= 4 is 23.5 Å². The molecule has 6 heteroatoms. The number of aliphatic carboxylic acids is 1. The molecule has 1 amide bonds. The molecule has 0 saturated heterocycles. The number of carboxylic acids is 1. The minimum Gasteiger partial charge on any atom is -0.480 e. The van der Waals surface area contributed by atoms with E-state index in [-0.39, 0.29) is 5.92 Å². The van der Waals surface area contributed by atoms with Crippen molar-refractivity contribution in [2.75, 3.05) is 0 Å². The molecule has 0 radical (unpaired) electrons. The maximum atomic E-state index is 12.2. The second-order valence-electron chi connectivity index (χ2n) is 5.01. The molecule has 0 heterocycles. The number of hydrogen-bond acceptors (Lipinski definition) is 3. The molecule has 1 aromatic rings. The molecule has 0 saturated carbocycles. The Bertz CT molecular complexity index is 504. The van der Waals surface area contributed by atoms with E-state index in [1.807, 2.05) is 0 Å². The Morgan fingerprint density at radius 1 is 1.33 bits per heavy atom. The van der Waals surface area contributed by atoms with Crippen LogP contribution in [-0.2, 0) is 9.59 Å². The van der Waals surface area contributed by atoms with Crippen LogP contribution in [0.15, 0.2) is 24.3 Å². The Balaban J connectivity index is 2.78. The Hall–Kier alpha value is -1.75. The van der Waals surface area contributed by atoms with E-state index in [4.69, 9.17) is 21.4 Å². The summed E-state index contributed by atoms with van der Waals surface area (Å²) >= 11 is 5.99. The van der Waals surface area contributed by atoms with Gasteiger partial charge in [0.15, 0.2) is 6.10 Å². The highest BCUT2D eigenvalue weighted by atomic mass is 35.5. The number of carbonyl (C=O) groups excluding carboxylic acids is 1. The van der Waals surface area contributed by atoms with Crippen molar-refractivity contribution in [1.82, 2.24) is 5.32 Å². The first kappa shape index (κ1) is 17.3. The minimum atomic E-state index is -1.06. The molecule has 5 nitrogen and oxygen atoms in total. The summed E-state index contributed by atoms with van der Waals surface area (Å²) < 4.78 is 5.58. The van der Waals surface area contributed by atoms with Crippen LogP contribution in [0.1, 0.15) is 27.2 Å². The smallest absolute Gasteiger partial charge is 0.326 e. The van der Waals surface area contributed by atoms with Crippen LogP contribution in [0.3, 0.4) is 0 Å². The summed E-state index contributed by atoms with van der Waals surface area (Å²) in [4.78, 5) is 23.3. The second kappa shape index (κ2) is 7.88. The minimum absolute atomic E-state index is 0.218. The molecule has 0 fully saturated rings. The number of hydrogen-bond donors (Lipinski definition) is 2. The van der Waals surface area contributed by atoms with Gasteiger partial charge < -0.3 is 15.2 Å². The first-order valence-electron chi connectivity index (χ1n) is 6.81. The molecule has 1 aromatic carbocycles. The third kappa shape index (κ3) is 4.93. The highest BCUT2D eigenvalue weighted by Crippen LogP contribution is 2.24. The van der Waals surface area contributed by atoms with Crippen molar-refractivity contribution in [2.24, 2.45) is 5.92 Å². The van der Waals surface area contributed by atoms with Gasteiger partial charge in [-0.2, -0.15) is 0 Å². The molecule has 1 rings (SSSR count). The van der Waals surface area contributed by atoms with E-state index < -0.39 is 24.0 Å². The number of halogens is 1. The number of rotatable bonds is 7. The first-order valence-corrected chi connectivity index (χ1v) is 7.19. The third-order valence-corrected chi connectivity index (χ3v) is 3.31. The van der Waals surface area contributed by atoms with E-state index in [0.717, 1.165) is 0 Å². The van der Waals surface area contributed by atoms with E-state index in [1.54, 1.807) is 45.0 Å². The van der Waals surface area contributed by atoms with Gasteiger partial charge in [-0.15, -0.1) is 0 Å². The molecular weight excluding hydrogens is 294 g/mol.